The van der Waals surface area contributed by atoms with Crippen molar-refractivity contribution in [3.63, 3.8) is 0 Å². The molecule has 0 aliphatic carbocycles. The van der Waals surface area contributed by atoms with Gasteiger partial charge < -0.3 is 5.32 Å². The van der Waals surface area contributed by atoms with Crippen molar-refractivity contribution in [1.82, 2.24) is 5.32 Å². The molecule has 0 aliphatic rings. The molecule has 0 bridgehead atoms. The third kappa shape index (κ3) is 7.04. The van der Waals surface area contributed by atoms with Gasteiger partial charge in [-0.1, -0.05) is 67.9 Å². The number of carbonyl (C=O) groups excluding carboxylic acids is 1. The lowest BCUT2D eigenvalue weighted by atomic mass is 10.2. The summed E-state index contributed by atoms with van der Waals surface area (Å²) in [6.07, 6.45) is 2.15. The van der Waals surface area contributed by atoms with E-state index in [1.807, 2.05) is 66.7 Å². The SMILES string of the molecule is CCCCNC(=O)c1ccccc1.c1ccccc1. The largest absolute Gasteiger partial charge is 0.352 e. The first-order valence-electron chi connectivity index (χ1n) is 6.68. The van der Waals surface area contributed by atoms with Crippen molar-refractivity contribution < 1.29 is 4.79 Å². The van der Waals surface area contributed by atoms with Crippen LogP contribution in [-0.4, -0.2) is 12.5 Å². The summed E-state index contributed by atoms with van der Waals surface area (Å²) < 4.78 is 0. The van der Waals surface area contributed by atoms with Crippen LogP contribution in [0.3, 0.4) is 0 Å². The first-order valence-corrected chi connectivity index (χ1v) is 6.68. The molecule has 0 saturated heterocycles. The summed E-state index contributed by atoms with van der Waals surface area (Å²) in [7, 11) is 0. The second-order valence-corrected chi connectivity index (χ2v) is 4.13. The molecule has 0 spiro atoms. The van der Waals surface area contributed by atoms with Gasteiger partial charge in [0.15, 0.2) is 0 Å². The van der Waals surface area contributed by atoms with Crippen LogP contribution >= 0.6 is 0 Å². The van der Waals surface area contributed by atoms with Gasteiger partial charge in [0.05, 0.1) is 0 Å². The van der Waals surface area contributed by atoms with Crippen molar-refractivity contribution >= 4 is 5.91 Å². The van der Waals surface area contributed by atoms with Gasteiger partial charge in [-0.2, -0.15) is 0 Å². The highest BCUT2D eigenvalue weighted by Gasteiger charge is 2.01. The van der Waals surface area contributed by atoms with E-state index in [0.717, 1.165) is 24.9 Å². The monoisotopic (exact) mass is 255 g/mol. The second-order valence-electron chi connectivity index (χ2n) is 4.13. The molecule has 0 fully saturated rings. The highest BCUT2D eigenvalue weighted by molar-refractivity contribution is 5.94. The Bertz CT molecular complexity index is 413. The van der Waals surface area contributed by atoms with Gasteiger partial charge in [-0.15, -0.1) is 0 Å². The Labute approximate surface area is 115 Å². The molecule has 19 heavy (non-hydrogen) atoms. The molecule has 2 aromatic rings. The van der Waals surface area contributed by atoms with E-state index in [-0.39, 0.29) is 5.91 Å². The zero-order chi connectivity index (χ0) is 13.8. The highest BCUT2D eigenvalue weighted by Crippen LogP contribution is 1.97. The maximum absolute atomic E-state index is 11.4. The van der Waals surface area contributed by atoms with E-state index in [2.05, 4.69) is 12.2 Å². The van der Waals surface area contributed by atoms with E-state index in [0.29, 0.717) is 0 Å². The van der Waals surface area contributed by atoms with Crippen LogP contribution in [0.1, 0.15) is 30.1 Å². The molecule has 0 radical (unpaired) electrons. The smallest absolute Gasteiger partial charge is 0.251 e. The fourth-order valence-electron chi connectivity index (χ4n) is 1.46. The minimum atomic E-state index is 0.0223. The fourth-order valence-corrected chi connectivity index (χ4v) is 1.46. The maximum Gasteiger partial charge on any atom is 0.251 e. The van der Waals surface area contributed by atoms with E-state index < -0.39 is 0 Å². The number of unbranched alkanes of at least 4 members (excludes halogenated alkanes) is 1. The van der Waals surface area contributed by atoms with E-state index in [9.17, 15) is 4.79 Å². The Morgan fingerprint density at radius 1 is 0.895 bits per heavy atom. The molecule has 2 aromatic carbocycles. The molecule has 2 nitrogen and oxygen atoms in total. The maximum atomic E-state index is 11.4. The first-order chi connectivity index (χ1) is 9.34. The summed E-state index contributed by atoms with van der Waals surface area (Å²) in [6, 6.07) is 21.3. The van der Waals surface area contributed by atoms with Crippen molar-refractivity contribution in [3.8, 4) is 0 Å². The summed E-state index contributed by atoms with van der Waals surface area (Å²) in [5.41, 5.74) is 0.735. The lowest BCUT2D eigenvalue weighted by Crippen LogP contribution is -2.24. The minimum absolute atomic E-state index is 0.0223. The molecule has 2 rings (SSSR count). The molecule has 0 aromatic heterocycles. The average Bonchev–Trinajstić information content (AvgIpc) is 2.51. The van der Waals surface area contributed by atoms with Gasteiger partial charge in [0, 0.05) is 12.1 Å². The number of hydrogen-bond donors (Lipinski definition) is 1. The van der Waals surface area contributed by atoms with Crippen molar-refractivity contribution in [2.24, 2.45) is 0 Å². The summed E-state index contributed by atoms with van der Waals surface area (Å²) in [6.45, 7) is 2.87. The molecule has 1 amide bonds. The van der Waals surface area contributed by atoms with Crippen LogP contribution in [0.2, 0.25) is 0 Å². The summed E-state index contributed by atoms with van der Waals surface area (Å²) >= 11 is 0. The summed E-state index contributed by atoms with van der Waals surface area (Å²) in [5, 5.41) is 2.86. The Morgan fingerprint density at radius 2 is 1.37 bits per heavy atom. The van der Waals surface area contributed by atoms with E-state index in [4.69, 9.17) is 0 Å². The standard InChI is InChI=1S/C11H15NO.C6H6/c1-2-3-9-12-11(13)10-7-5-4-6-8-10;1-2-4-6-5-3-1/h4-8H,2-3,9H2,1H3,(H,12,13);1-6H. The van der Waals surface area contributed by atoms with Crippen LogP contribution in [0.15, 0.2) is 66.7 Å². The van der Waals surface area contributed by atoms with Gasteiger partial charge in [0.25, 0.3) is 5.91 Å². The number of nitrogens with one attached hydrogen (secondary N) is 1. The third-order valence-corrected chi connectivity index (χ3v) is 2.52. The zero-order valence-electron chi connectivity index (χ0n) is 11.4. The molecule has 0 atom stereocenters. The highest BCUT2D eigenvalue weighted by atomic mass is 16.1. The minimum Gasteiger partial charge on any atom is -0.352 e. The fraction of sp³-hybridized carbons (Fsp3) is 0.235. The van der Waals surface area contributed by atoms with Crippen molar-refractivity contribution in [2.75, 3.05) is 6.54 Å². The molecule has 0 heterocycles. The lowest BCUT2D eigenvalue weighted by molar-refractivity contribution is 0.0953. The number of hydrogen-bond acceptors (Lipinski definition) is 1. The molecular formula is C17H21NO. The molecule has 0 unspecified atom stereocenters. The molecule has 0 aliphatic heterocycles. The van der Waals surface area contributed by atoms with Crippen LogP contribution < -0.4 is 5.32 Å². The molecule has 100 valence electrons. The van der Waals surface area contributed by atoms with E-state index in [1.165, 1.54) is 0 Å². The van der Waals surface area contributed by atoms with Crippen molar-refractivity contribution in [1.29, 1.82) is 0 Å². The van der Waals surface area contributed by atoms with Crippen LogP contribution in [-0.2, 0) is 0 Å². The van der Waals surface area contributed by atoms with Crippen LogP contribution in [0.4, 0.5) is 0 Å². The van der Waals surface area contributed by atoms with Gasteiger partial charge in [0.2, 0.25) is 0 Å². The Balaban J connectivity index is 0.000000250. The topological polar surface area (TPSA) is 29.1 Å². The summed E-state index contributed by atoms with van der Waals surface area (Å²) in [4.78, 5) is 11.4. The van der Waals surface area contributed by atoms with Gasteiger partial charge in [-0.25, -0.2) is 0 Å². The number of amides is 1. The second kappa shape index (κ2) is 9.89. The lowest BCUT2D eigenvalue weighted by Gasteiger charge is -2.02. The van der Waals surface area contributed by atoms with Gasteiger partial charge in [-0.3, -0.25) is 4.79 Å². The van der Waals surface area contributed by atoms with Gasteiger partial charge >= 0.3 is 0 Å². The van der Waals surface area contributed by atoms with Crippen molar-refractivity contribution in [3.05, 3.63) is 72.3 Å². The number of rotatable bonds is 4. The number of benzene rings is 2. The van der Waals surface area contributed by atoms with Crippen LogP contribution in [0.5, 0.6) is 0 Å². The molecule has 1 N–H and O–H groups in total. The zero-order valence-corrected chi connectivity index (χ0v) is 11.4. The van der Waals surface area contributed by atoms with Gasteiger partial charge in [-0.05, 0) is 18.6 Å². The average molecular weight is 255 g/mol. The molecular weight excluding hydrogens is 234 g/mol. The Morgan fingerprint density at radius 3 is 1.84 bits per heavy atom. The Kier molecular flexibility index (Phi) is 7.79. The quantitative estimate of drug-likeness (QED) is 0.825. The third-order valence-electron chi connectivity index (χ3n) is 2.52. The van der Waals surface area contributed by atoms with E-state index >= 15 is 0 Å². The molecule has 2 heteroatoms. The van der Waals surface area contributed by atoms with Crippen LogP contribution in [0, 0.1) is 0 Å². The Hall–Kier alpha value is -2.09. The molecule has 0 saturated carbocycles. The van der Waals surface area contributed by atoms with Gasteiger partial charge in [0.1, 0.15) is 0 Å². The van der Waals surface area contributed by atoms with E-state index in [1.54, 1.807) is 0 Å². The normalized spacial score (nSPS) is 9.11. The predicted molar refractivity (Wildman–Crippen MR) is 80.1 cm³/mol. The van der Waals surface area contributed by atoms with Crippen molar-refractivity contribution in [2.45, 2.75) is 19.8 Å². The number of carbonyl (C=O) groups is 1. The predicted octanol–water partition coefficient (Wildman–Crippen LogP) is 3.90. The summed E-state index contributed by atoms with van der Waals surface area (Å²) in [5.74, 6) is 0.0223. The van der Waals surface area contributed by atoms with Crippen LogP contribution in [0.25, 0.3) is 0 Å². The first kappa shape index (κ1) is 15.0.